The second-order valence-corrected chi connectivity index (χ2v) is 8.27. The Bertz CT molecular complexity index is 814. The van der Waals surface area contributed by atoms with Crippen LogP contribution in [0.5, 0.6) is 5.75 Å². The van der Waals surface area contributed by atoms with E-state index in [1.165, 1.54) is 11.5 Å². The first kappa shape index (κ1) is 18.4. The number of benzene rings is 1. The van der Waals surface area contributed by atoms with Gasteiger partial charge in [-0.2, -0.15) is 0 Å². The lowest BCUT2D eigenvalue weighted by molar-refractivity contribution is 0.000527. The molecule has 0 unspecified atom stereocenters. The van der Waals surface area contributed by atoms with E-state index in [-0.39, 0.29) is 11.5 Å². The zero-order chi connectivity index (χ0) is 18.9. The monoisotopic (exact) mass is 386 g/mol. The molecule has 2 aliphatic rings. The minimum atomic E-state index is -0.319. The van der Waals surface area contributed by atoms with Gasteiger partial charge in [0.25, 0.3) is 5.91 Å². The van der Waals surface area contributed by atoms with Crippen molar-refractivity contribution in [3.8, 4) is 5.75 Å². The predicted molar refractivity (Wildman–Crippen MR) is 105 cm³/mol. The fourth-order valence-electron chi connectivity index (χ4n) is 4.19. The zero-order valence-electron chi connectivity index (χ0n) is 15.9. The number of fused-ring (bicyclic) bond motifs is 1. The Kier molecular flexibility index (Phi) is 5.14. The molecule has 0 bridgehead atoms. The number of aryl methyl sites for hydroxylation is 1. The molecule has 1 amide bonds. The number of carbonyl (C=O) groups is 1. The number of para-hydroxylation sites is 1. The van der Waals surface area contributed by atoms with Crippen LogP contribution in [0, 0.1) is 0 Å². The minimum absolute atomic E-state index is 0.0252. The van der Waals surface area contributed by atoms with E-state index in [2.05, 4.69) is 21.0 Å². The molecule has 4 rings (SSSR count). The van der Waals surface area contributed by atoms with E-state index in [1.54, 1.807) is 0 Å². The van der Waals surface area contributed by atoms with E-state index in [0.717, 1.165) is 42.7 Å². The van der Waals surface area contributed by atoms with Gasteiger partial charge >= 0.3 is 0 Å². The zero-order valence-corrected chi connectivity index (χ0v) is 16.7. The molecule has 0 radical (unpaired) electrons. The van der Waals surface area contributed by atoms with Crippen LogP contribution in [-0.2, 0) is 13.0 Å². The summed E-state index contributed by atoms with van der Waals surface area (Å²) < 4.78 is 10.6. The van der Waals surface area contributed by atoms with Crippen LogP contribution >= 0.6 is 11.5 Å². The topological polar surface area (TPSA) is 67.4 Å². The summed E-state index contributed by atoms with van der Waals surface area (Å²) in [7, 11) is 2.02. The smallest absolute Gasteiger partial charge is 0.267 e. The van der Waals surface area contributed by atoms with Crippen LogP contribution in [0.3, 0.4) is 0 Å². The molecule has 6 nitrogen and oxygen atoms in total. The Morgan fingerprint density at radius 1 is 1.37 bits per heavy atom. The molecule has 1 aromatic heterocycles. The Balaban J connectivity index is 1.67. The van der Waals surface area contributed by atoms with Crippen molar-refractivity contribution >= 4 is 17.4 Å². The van der Waals surface area contributed by atoms with Crippen LogP contribution < -0.4 is 10.1 Å². The largest absolute Gasteiger partial charge is 0.485 e. The Morgan fingerprint density at radius 2 is 2.15 bits per heavy atom. The van der Waals surface area contributed by atoms with Gasteiger partial charge in [0.2, 0.25) is 0 Å². The number of hydrogen-bond donors (Lipinski definition) is 1. The molecule has 1 aromatic carbocycles. The maximum Gasteiger partial charge on any atom is 0.267 e. The summed E-state index contributed by atoms with van der Waals surface area (Å²) in [6.45, 7) is 3.18. The summed E-state index contributed by atoms with van der Waals surface area (Å²) in [5.74, 6) is 0.936. The van der Waals surface area contributed by atoms with Crippen LogP contribution in [0.4, 0.5) is 0 Å². The highest BCUT2D eigenvalue weighted by atomic mass is 32.1. The summed E-state index contributed by atoms with van der Waals surface area (Å²) in [5, 5.41) is 7.51. The number of rotatable bonds is 3. The molecule has 1 aliphatic heterocycles. The molecule has 0 atom stereocenters. The maximum atomic E-state index is 13.3. The van der Waals surface area contributed by atoms with Crippen molar-refractivity contribution in [2.75, 3.05) is 13.6 Å². The van der Waals surface area contributed by atoms with Crippen LogP contribution in [0.1, 0.15) is 53.5 Å². The molecule has 1 fully saturated rings. The van der Waals surface area contributed by atoms with Crippen molar-refractivity contribution in [2.45, 2.75) is 57.2 Å². The van der Waals surface area contributed by atoms with E-state index >= 15 is 0 Å². The van der Waals surface area contributed by atoms with Crippen molar-refractivity contribution in [3.63, 3.8) is 0 Å². The van der Waals surface area contributed by atoms with Gasteiger partial charge < -0.3 is 15.0 Å². The van der Waals surface area contributed by atoms with Gasteiger partial charge in [-0.15, -0.1) is 5.10 Å². The molecule has 2 heterocycles. The molecule has 1 saturated carbocycles. The lowest BCUT2D eigenvalue weighted by Gasteiger charge is -2.41. The fraction of sp³-hybridized carbons (Fsp3) is 0.550. The molecule has 2 aromatic rings. The van der Waals surface area contributed by atoms with E-state index in [9.17, 15) is 4.79 Å². The predicted octanol–water partition coefficient (Wildman–Crippen LogP) is 3.04. The van der Waals surface area contributed by atoms with E-state index < -0.39 is 0 Å². The number of ether oxygens (including phenoxy) is 1. The molecule has 1 aliphatic carbocycles. The Morgan fingerprint density at radius 3 is 2.89 bits per heavy atom. The third-order valence-corrected chi connectivity index (χ3v) is 6.57. The average molecular weight is 387 g/mol. The standard InChI is InChI=1S/C20H26N4O2S/c1-3-16-18(27-23-22-16)19(25)24-12-14-6-4-5-7-17(14)26-20(13-24)10-8-15(21-2)9-11-20/h4-7,15,21H,3,8-13H2,1-2H3. The van der Waals surface area contributed by atoms with Gasteiger partial charge in [-0.25, -0.2) is 0 Å². The maximum absolute atomic E-state index is 13.3. The quantitative estimate of drug-likeness (QED) is 0.878. The lowest BCUT2D eigenvalue weighted by atomic mass is 9.81. The van der Waals surface area contributed by atoms with Crippen molar-refractivity contribution in [2.24, 2.45) is 0 Å². The van der Waals surface area contributed by atoms with Gasteiger partial charge in [0.15, 0.2) is 0 Å². The second-order valence-electron chi connectivity index (χ2n) is 7.52. The van der Waals surface area contributed by atoms with Crippen LogP contribution in [0.25, 0.3) is 0 Å². The van der Waals surface area contributed by atoms with Gasteiger partial charge in [0, 0.05) is 18.2 Å². The highest BCUT2D eigenvalue weighted by Gasteiger charge is 2.42. The Labute approximate surface area is 164 Å². The first-order valence-corrected chi connectivity index (χ1v) is 10.5. The van der Waals surface area contributed by atoms with Crippen LogP contribution in [0.15, 0.2) is 24.3 Å². The van der Waals surface area contributed by atoms with Gasteiger partial charge in [-0.3, -0.25) is 4.79 Å². The van der Waals surface area contributed by atoms with Crippen LogP contribution in [-0.4, -0.2) is 45.6 Å². The highest BCUT2D eigenvalue weighted by molar-refractivity contribution is 7.08. The van der Waals surface area contributed by atoms with Gasteiger partial charge in [0.1, 0.15) is 16.2 Å². The molecule has 27 heavy (non-hydrogen) atoms. The van der Waals surface area contributed by atoms with E-state index in [4.69, 9.17) is 4.74 Å². The molecule has 1 spiro atoms. The normalized spacial score (nSPS) is 25.0. The fourth-order valence-corrected chi connectivity index (χ4v) is 4.91. The van der Waals surface area contributed by atoms with Crippen molar-refractivity contribution in [3.05, 3.63) is 40.4 Å². The summed E-state index contributed by atoms with van der Waals surface area (Å²) in [6.07, 6.45) is 4.72. The summed E-state index contributed by atoms with van der Waals surface area (Å²) >= 11 is 1.20. The summed E-state index contributed by atoms with van der Waals surface area (Å²) in [4.78, 5) is 15.9. The Hall–Kier alpha value is -1.99. The molecular weight excluding hydrogens is 360 g/mol. The average Bonchev–Trinajstić information content (AvgIpc) is 3.11. The van der Waals surface area contributed by atoms with E-state index in [1.807, 2.05) is 37.1 Å². The summed E-state index contributed by atoms with van der Waals surface area (Å²) in [5.41, 5.74) is 1.53. The molecule has 7 heteroatoms. The van der Waals surface area contributed by atoms with Gasteiger partial charge in [-0.05, 0) is 56.8 Å². The molecule has 1 N–H and O–H groups in total. The third-order valence-electron chi connectivity index (χ3n) is 5.82. The number of nitrogens with one attached hydrogen (secondary N) is 1. The number of amides is 1. The first-order valence-electron chi connectivity index (χ1n) is 9.69. The van der Waals surface area contributed by atoms with Crippen molar-refractivity contribution in [1.29, 1.82) is 0 Å². The number of carbonyl (C=O) groups excluding carboxylic acids is 1. The van der Waals surface area contributed by atoms with Crippen LogP contribution in [0.2, 0.25) is 0 Å². The first-order chi connectivity index (χ1) is 13.1. The lowest BCUT2D eigenvalue weighted by Crippen LogP contribution is -2.51. The SMILES string of the molecule is CCc1nnsc1C(=O)N1Cc2ccccc2OC2(CCC(NC)CC2)C1. The number of aromatic nitrogens is 2. The molecule has 144 valence electrons. The van der Waals surface area contributed by atoms with Gasteiger partial charge in [0.05, 0.1) is 12.2 Å². The highest BCUT2D eigenvalue weighted by Crippen LogP contribution is 2.38. The van der Waals surface area contributed by atoms with E-state index in [0.29, 0.717) is 30.4 Å². The van der Waals surface area contributed by atoms with Crippen molar-refractivity contribution in [1.82, 2.24) is 19.8 Å². The molecular formula is C20H26N4O2S. The summed E-state index contributed by atoms with van der Waals surface area (Å²) in [6, 6.07) is 8.62. The number of nitrogens with zero attached hydrogens (tertiary/aromatic N) is 3. The number of hydrogen-bond acceptors (Lipinski definition) is 6. The third kappa shape index (κ3) is 3.58. The minimum Gasteiger partial charge on any atom is -0.485 e. The van der Waals surface area contributed by atoms with Crippen molar-refractivity contribution < 1.29 is 9.53 Å². The molecule has 0 saturated heterocycles. The second kappa shape index (κ2) is 7.56. The van der Waals surface area contributed by atoms with Gasteiger partial charge in [-0.1, -0.05) is 29.6 Å².